The predicted molar refractivity (Wildman–Crippen MR) is 147 cm³/mol. The van der Waals surface area contributed by atoms with E-state index in [-0.39, 0.29) is 33.5 Å². The second-order valence-electron chi connectivity index (χ2n) is 9.08. The molecule has 1 N–H and O–H groups in total. The summed E-state index contributed by atoms with van der Waals surface area (Å²) in [6, 6.07) is 10.8. The Hall–Kier alpha value is -4.38. The number of ether oxygens (including phenoxy) is 4. The molecule has 2 aliphatic heterocycles. The van der Waals surface area contributed by atoms with Crippen LogP contribution in [0.25, 0.3) is 5.76 Å². The highest BCUT2D eigenvalue weighted by Gasteiger charge is 2.48. The van der Waals surface area contributed by atoms with Crippen LogP contribution in [-0.4, -0.2) is 54.2 Å². The molecule has 3 aromatic rings. The van der Waals surface area contributed by atoms with Crippen molar-refractivity contribution >= 4 is 39.9 Å². The van der Waals surface area contributed by atoms with Crippen molar-refractivity contribution in [2.45, 2.75) is 33.2 Å². The first-order valence-electron chi connectivity index (χ1n) is 12.9. The van der Waals surface area contributed by atoms with Crippen molar-refractivity contribution in [1.29, 1.82) is 0 Å². The number of anilines is 1. The summed E-state index contributed by atoms with van der Waals surface area (Å²) < 4.78 is 22.2. The molecule has 2 aromatic carbocycles. The highest BCUT2D eigenvalue weighted by atomic mass is 32.1. The highest BCUT2D eigenvalue weighted by molar-refractivity contribution is 7.17. The number of esters is 1. The minimum Gasteiger partial charge on any atom is -0.507 e. The maximum absolute atomic E-state index is 13.6. The number of fused-ring (bicyclic) bond motifs is 1. The Morgan fingerprint density at radius 3 is 2.65 bits per heavy atom. The molecule has 208 valence electrons. The van der Waals surface area contributed by atoms with Gasteiger partial charge in [-0.15, -0.1) is 0 Å². The number of aliphatic hydroxyl groups excluding tert-OH is 1. The molecule has 1 aromatic heterocycles. The van der Waals surface area contributed by atoms with Gasteiger partial charge >= 0.3 is 11.9 Å². The van der Waals surface area contributed by atoms with Crippen molar-refractivity contribution in [2.24, 2.45) is 0 Å². The van der Waals surface area contributed by atoms with E-state index in [1.165, 1.54) is 4.90 Å². The van der Waals surface area contributed by atoms with Crippen molar-refractivity contribution in [2.75, 3.05) is 31.3 Å². The zero-order valence-corrected chi connectivity index (χ0v) is 23.1. The predicted octanol–water partition coefficient (Wildman–Crippen LogP) is 4.81. The quantitative estimate of drug-likeness (QED) is 0.178. The van der Waals surface area contributed by atoms with Crippen LogP contribution in [0.2, 0.25) is 0 Å². The first-order chi connectivity index (χ1) is 19.3. The number of aliphatic hydroxyl groups is 1. The molecule has 5 rings (SSSR count). The zero-order chi connectivity index (χ0) is 28.4. The molecule has 0 saturated carbocycles. The Kier molecular flexibility index (Phi) is 7.74. The Labute approximate surface area is 234 Å². The minimum absolute atomic E-state index is 0.125. The van der Waals surface area contributed by atoms with E-state index in [9.17, 15) is 19.5 Å². The van der Waals surface area contributed by atoms with Crippen molar-refractivity contribution in [3.63, 3.8) is 0 Å². The molecule has 0 bridgehead atoms. The van der Waals surface area contributed by atoms with E-state index in [1.54, 1.807) is 56.3 Å². The summed E-state index contributed by atoms with van der Waals surface area (Å²) in [5.41, 5.74) is 1.05. The van der Waals surface area contributed by atoms with E-state index in [0.717, 1.165) is 17.8 Å². The Bertz CT molecular complexity index is 1510. The summed E-state index contributed by atoms with van der Waals surface area (Å²) >= 11 is 0.950. The first-order valence-corrected chi connectivity index (χ1v) is 13.7. The standard InChI is InChI=1S/C29H28N2O8S/c1-4-11-37-19-8-6-7-17(14-19)23-22(24(32)18-9-10-20-21(15-18)39-13-12-38-20)25(33)27(34)31(23)29-30-16(3)26(40-29)28(35)36-5-2/h6-10,14-15,23,32H,4-5,11-13H2,1-3H3/b24-22-. The number of hydrogen-bond donors (Lipinski definition) is 1. The van der Waals surface area contributed by atoms with Crippen LogP contribution in [0.1, 0.15) is 52.8 Å². The van der Waals surface area contributed by atoms with Crippen molar-refractivity contribution in [3.05, 3.63) is 69.7 Å². The lowest BCUT2D eigenvalue weighted by atomic mass is 9.95. The van der Waals surface area contributed by atoms with Gasteiger partial charge in [0.2, 0.25) is 0 Å². The van der Waals surface area contributed by atoms with E-state index in [1.807, 2.05) is 6.92 Å². The fourth-order valence-electron chi connectivity index (χ4n) is 4.56. The molecule has 3 heterocycles. The zero-order valence-electron chi connectivity index (χ0n) is 22.3. The molecular formula is C29H28N2O8S. The summed E-state index contributed by atoms with van der Waals surface area (Å²) in [5, 5.41) is 11.6. The van der Waals surface area contributed by atoms with Gasteiger partial charge in [0.1, 0.15) is 29.6 Å². The summed E-state index contributed by atoms with van der Waals surface area (Å²) in [5.74, 6) is -1.22. The second-order valence-corrected chi connectivity index (χ2v) is 10.1. The molecule has 0 aliphatic carbocycles. The van der Waals surface area contributed by atoms with Crippen LogP contribution in [0.15, 0.2) is 48.0 Å². The fourth-order valence-corrected chi connectivity index (χ4v) is 5.54. The molecule has 1 saturated heterocycles. The van der Waals surface area contributed by atoms with Gasteiger partial charge in [-0.05, 0) is 56.2 Å². The number of aryl methyl sites for hydroxylation is 1. The lowest BCUT2D eigenvalue weighted by molar-refractivity contribution is -0.132. The van der Waals surface area contributed by atoms with E-state index >= 15 is 0 Å². The summed E-state index contributed by atoms with van der Waals surface area (Å²) in [6.45, 7) is 6.72. The normalized spacial score (nSPS) is 17.7. The van der Waals surface area contributed by atoms with Crippen molar-refractivity contribution in [1.82, 2.24) is 4.98 Å². The third-order valence-corrected chi connectivity index (χ3v) is 7.50. The van der Waals surface area contributed by atoms with Crippen molar-refractivity contribution in [3.8, 4) is 17.2 Å². The van der Waals surface area contributed by atoms with Gasteiger partial charge in [0.25, 0.3) is 5.78 Å². The second kappa shape index (κ2) is 11.4. The van der Waals surface area contributed by atoms with E-state index in [0.29, 0.717) is 48.3 Å². The van der Waals surface area contributed by atoms with Gasteiger partial charge in [0.15, 0.2) is 16.6 Å². The van der Waals surface area contributed by atoms with Gasteiger partial charge in [-0.25, -0.2) is 9.78 Å². The minimum atomic E-state index is -1.04. The number of rotatable bonds is 8. The molecular weight excluding hydrogens is 536 g/mol. The van der Waals surface area contributed by atoms with Gasteiger partial charge in [-0.3, -0.25) is 14.5 Å². The average molecular weight is 565 g/mol. The lowest BCUT2D eigenvalue weighted by Crippen LogP contribution is -2.29. The van der Waals surface area contributed by atoms with Crippen LogP contribution in [-0.2, 0) is 14.3 Å². The number of hydrogen-bond acceptors (Lipinski definition) is 10. The number of amides is 1. The first kappa shape index (κ1) is 27.2. The van der Waals surface area contributed by atoms with Gasteiger partial charge in [0, 0.05) is 5.56 Å². The summed E-state index contributed by atoms with van der Waals surface area (Å²) in [4.78, 5) is 45.5. The third kappa shape index (κ3) is 5.00. The van der Waals surface area contributed by atoms with Crippen molar-refractivity contribution < 1.29 is 38.4 Å². The number of nitrogens with zero attached hydrogens (tertiary/aromatic N) is 2. The number of benzene rings is 2. The molecule has 10 nitrogen and oxygen atoms in total. The lowest BCUT2D eigenvalue weighted by Gasteiger charge is -2.24. The van der Waals surface area contributed by atoms with E-state index in [4.69, 9.17) is 18.9 Å². The molecule has 0 radical (unpaired) electrons. The number of thiazole rings is 1. The highest BCUT2D eigenvalue weighted by Crippen LogP contribution is 2.45. The van der Waals surface area contributed by atoms with Crippen LogP contribution in [0.4, 0.5) is 5.13 Å². The number of carbonyl (C=O) groups excluding carboxylic acids is 3. The third-order valence-electron chi connectivity index (χ3n) is 6.36. The van der Waals surface area contributed by atoms with Crippen LogP contribution < -0.4 is 19.1 Å². The monoisotopic (exact) mass is 564 g/mol. The molecule has 0 spiro atoms. The Morgan fingerprint density at radius 2 is 1.90 bits per heavy atom. The SMILES string of the molecule is CCCOc1cccc(C2/C(=C(/O)c3ccc4c(c3)OCCO4)C(=O)C(=O)N2c2nc(C)c(C(=O)OCC)s2)c1. The maximum Gasteiger partial charge on any atom is 0.350 e. The fraction of sp³-hybridized carbons (Fsp3) is 0.310. The molecule has 1 unspecified atom stereocenters. The van der Waals surface area contributed by atoms with Crippen LogP contribution in [0.3, 0.4) is 0 Å². The van der Waals surface area contributed by atoms with E-state index < -0.39 is 23.7 Å². The molecule has 1 atom stereocenters. The van der Waals surface area contributed by atoms with E-state index in [2.05, 4.69) is 4.98 Å². The molecule has 11 heteroatoms. The number of carbonyl (C=O) groups is 3. The molecule has 1 amide bonds. The van der Waals surface area contributed by atoms with Crippen LogP contribution >= 0.6 is 11.3 Å². The van der Waals surface area contributed by atoms with Crippen LogP contribution in [0, 0.1) is 6.92 Å². The van der Waals surface area contributed by atoms with Gasteiger partial charge in [0.05, 0.1) is 30.5 Å². The number of ketones is 1. The smallest absolute Gasteiger partial charge is 0.350 e. The number of aromatic nitrogens is 1. The Balaban J connectivity index is 1.66. The number of Topliss-reactive ketones (excluding diaryl/α,β-unsaturated/α-hetero) is 1. The van der Waals surface area contributed by atoms with Gasteiger partial charge < -0.3 is 24.1 Å². The maximum atomic E-state index is 13.6. The van der Waals surface area contributed by atoms with Crippen LogP contribution in [0.5, 0.6) is 17.2 Å². The summed E-state index contributed by atoms with van der Waals surface area (Å²) in [7, 11) is 0. The molecule has 40 heavy (non-hydrogen) atoms. The largest absolute Gasteiger partial charge is 0.507 e. The average Bonchev–Trinajstić information content (AvgIpc) is 3.47. The van der Waals surface area contributed by atoms with Gasteiger partial charge in [-0.2, -0.15) is 0 Å². The molecule has 2 aliphatic rings. The van der Waals surface area contributed by atoms with Gasteiger partial charge in [-0.1, -0.05) is 30.4 Å². The summed E-state index contributed by atoms with van der Waals surface area (Å²) in [6.07, 6.45) is 0.793. The molecule has 1 fully saturated rings. The Morgan fingerprint density at radius 1 is 1.12 bits per heavy atom. The topological polar surface area (TPSA) is 124 Å².